The number of aromatic nitrogens is 2. The lowest BCUT2D eigenvalue weighted by Gasteiger charge is -2.35. The Bertz CT molecular complexity index is 3110. The molecule has 3 aliphatic rings. The summed E-state index contributed by atoms with van der Waals surface area (Å²) < 4.78 is 0. The smallest absolute Gasteiger partial charge is 0.235 e. The summed E-state index contributed by atoms with van der Waals surface area (Å²) in [5, 5.41) is 3.57. The second-order valence-corrected chi connectivity index (χ2v) is 16.8. The van der Waals surface area contributed by atoms with Crippen molar-refractivity contribution in [3.05, 3.63) is 246 Å². The highest BCUT2D eigenvalue weighted by molar-refractivity contribution is 8.00. The average molecular weight is 772 g/mol. The molecule has 2 unspecified atom stereocenters. The lowest BCUT2D eigenvalue weighted by atomic mass is 9.67. The van der Waals surface area contributed by atoms with E-state index in [2.05, 4.69) is 217 Å². The predicted molar refractivity (Wildman–Crippen MR) is 244 cm³/mol. The molecule has 3 nitrogen and oxygen atoms in total. The molecule has 2 aliphatic carbocycles. The van der Waals surface area contributed by atoms with Gasteiger partial charge in [-0.1, -0.05) is 182 Å². The van der Waals surface area contributed by atoms with Gasteiger partial charge in [0, 0.05) is 43.8 Å². The molecule has 8 aromatic carbocycles. The quantitative estimate of drug-likeness (QED) is 0.157. The van der Waals surface area contributed by atoms with E-state index in [0.717, 1.165) is 44.3 Å². The predicted octanol–water partition coefficient (Wildman–Crippen LogP) is 13.7. The monoisotopic (exact) mass is 771 g/mol. The number of anilines is 2. The fourth-order valence-corrected chi connectivity index (χ4v) is 11.4. The molecular formula is C55H37N3S. The van der Waals surface area contributed by atoms with Crippen molar-refractivity contribution in [3.63, 3.8) is 0 Å². The van der Waals surface area contributed by atoms with E-state index in [0.29, 0.717) is 5.95 Å². The van der Waals surface area contributed by atoms with Gasteiger partial charge in [0.2, 0.25) is 5.95 Å². The van der Waals surface area contributed by atoms with Crippen molar-refractivity contribution in [2.75, 3.05) is 4.90 Å². The highest BCUT2D eigenvalue weighted by Crippen LogP contribution is 2.57. The van der Waals surface area contributed by atoms with Crippen LogP contribution in [0.4, 0.5) is 11.6 Å². The van der Waals surface area contributed by atoms with E-state index in [1.807, 2.05) is 11.8 Å². The molecule has 0 radical (unpaired) electrons. The Kier molecular flexibility index (Phi) is 7.82. The van der Waals surface area contributed by atoms with E-state index >= 15 is 0 Å². The van der Waals surface area contributed by atoms with Crippen LogP contribution in [0.2, 0.25) is 0 Å². The van der Waals surface area contributed by atoms with Crippen molar-refractivity contribution >= 4 is 45.1 Å². The molecule has 4 heteroatoms. The minimum atomic E-state index is -0.490. The normalized spacial score (nSPS) is 16.9. The van der Waals surface area contributed by atoms with Gasteiger partial charge in [-0.15, -0.1) is 11.8 Å². The summed E-state index contributed by atoms with van der Waals surface area (Å²) in [5.41, 5.74) is 13.6. The molecule has 1 aromatic heterocycles. The van der Waals surface area contributed by atoms with Crippen molar-refractivity contribution in [1.82, 2.24) is 9.97 Å². The maximum absolute atomic E-state index is 5.58. The summed E-state index contributed by atoms with van der Waals surface area (Å²) in [6.07, 6.45) is 6.86. The number of hydrogen-bond acceptors (Lipinski definition) is 4. The molecule has 0 saturated heterocycles. The van der Waals surface area contributed by atoms with Gasteiger partial charge in [0.1, 0.15) is 0 Å². The van der Waals surface area contributed by atoms with E-state index in [1.165, 1.54) is 43.8 Å². The molecular weight excluding hydrogens is 735 g/mol. The van der Waals surface area contributed by atoms with Gasteiger partial charge in [-0.2, -0.15) is 0 Å². The average Bonchev–Trinajstić information content (AvgIpc) is 3.84. The molecule has 2 atom stereocenters. The Labute approximate surface area is 348 Å². The van der Waals surface area contributed by atoms with E-state index < -0.39 is 5.41 Å². The highest BCUT2D eigenvalue weighted by atomic mass is 32.2. The topological polar surface area (TPSA) is 29.0 Å². The number of fused-ring (bicyclic) bond motifs is 9. The summed E-state index contributed by atoms with van der Waals surface area (Å²) in [4.78, 5) is 14.8. The Morgan fingerprint density at radius 1 is 0.525 bits per heavy atom. The van der Waals surface area contributed by atoms with Crippen LogP contribution in [-0.2, 0) is 5.41 Å². The van der Waals surface area contributed by atoms with Gasteiger partial charge in [-0.3, -0.25) is 4.90 Å². The Morgan fingerprint density at radius 2 is 1.17 bits per heavy atom. The summed E-state index contributed by atoms with van der Waals surface area (Å²) in [6.45, 7) is 0. The molecule has 0 saturated carbocycles. The van der Waals surface area contributed by atoms with Crippen molar-refractivity contribution in [2.24, 2.45) is 0 Å². The van der Waals surface area contributed by atoms with Crippen LogP contribution in [0, 0.1) is 0 Å². The van der Waals surface area contributed by atoms with Crippen molar-refractivity contribution in [3.8, 4) is 22.4 Å². The first-order valence-corrected chi connectivity index (χ1v) is 21.2. The van der Waals surface area contributed by atoms with Crippen LogP contribution in [-0.4, -0.2) is 15.2 Å². The van der Waals surface area contributed by atoms with Crippen LogP contribution in [0.5, 0.6) is 0 Å². The number of allylic oxidation sites excluding steroid dienone is 3. The Morgan fingerprint density at radius 3 is 1.95 bits per heavy atom. The minimum absolute atomic E-state index is 0.122. The molecule has 0 N–H and O–H groups in total. The summed E-state index contributed by atoms with van der Waals surface area (Å²) in [5.74, 6) is 0.779. The first-order valence-electron chi connectivity index (χ1n) is 20.3. The highest BCUT2D eigenvalue weighted by Gasteiger charge is 2.46. The Balaban J connectivity index is 1.11. The summed E-state index contributed by atoms with van der Waals surface area (Å²) in [6, 6.07) is 70.5. The maximum Gasteiger partial charge on any atom is 0.235 e. The number of rotatable bonds is 6. The number of thioether (sulfide) groups is 1. The van der Waals surface area contributed by atoms with Crippen molar-refractivity contribution in [1.29, 1.82) is 0 Å². The lowest BCUT2D eigenvalue weighted by Crippen LogP contribution is -2.29. The molecule has 12 rings (SSSR count). The number of nitrogens with zero attached hydrogens (tertiary/aromatic N) is 3. The van der Waals surface area contributed by atoms with E-state index in [1.54, 1.807) is 0 Å². The molecule has 2 heterocycles. The molecule has 9 aromatic rings. The van der Waals surface area contributed by atoms with Crippen molar-refractivity contribution in [2.45, 2.75) is 21.5 Å². The molecule has 59 heavy (non-hydrogen) atoms. The van der Waals surface area contributed by atoms with Gasteiger partial charge in [0.25, 0.3) is 0 Å². The van der Waals surface area contributed by atoms with Gasteiger partial charge in [-0.05, 0) is 74.7 Å². The minimum Gasteiger partial charge on any atom is -0.282 e. The van der Waals surface area contributed by atoms with Gasteiger partial charge in [-0.25, -0.2) is 9.97 Å². The maximum atomic E-state index is 5.58. The fourth-order valence-electron chi connectivity index (χ4n) is 10.0. The van der Waals surface area contributed by atoms with Gasteiger partial charge < -0.3 is 0 Å². The van der Waals surface area contributed by atoms with Crippen LogP contribution in [0.3, 0.4) is 0 Å². The number of benzene rings is 8. The van der Waals surface area contributed by atoms with Gasteiger partial charge in [0.05, 0.1) is 16.6 Å². The second-order valence-electron chi connectivity index (χ2n) is 15.6. The molecule has 0 bridgehead atoms. The molecule has 0 fully saturated rings. The van der Waals surface area contributed by atoms with Gasteiger partial charge in [0.15, 0.2) is 0 Å². The SMILES string of the molecule is C1=CC2Sc3ccccc3C2C(N(c2ccc(C3(c4ccccc4)c4ccccc4-c4ccccc43)cc2)c2nc(-c3ccccc3)c3ccc4ccccc4c3n2)=C1. The van der Waals surface area contributed by atoms with Gasteiger partial charge >= 0.3 is 0 Å². The number of hydrogen-bond donors (Lipinski definition) is 0. The standard InChI is InChI=1S/C55H37N3S/c1-3-17-37(18-4-1)52-45-35-30-36-16-7-8-21-41(36)53(45)57-54(56-52)58(48-27-15-29-50-51(48)44-24-11-14-28-49(44)59-50)40-33-31-39(32-34-40)55(38-19-5-2-6-20-38)46-25-12-9-22-42(46)43-23-10-13-26-47(43)55/h1-35,50-51H. The van der Waals surface area contributed by atoms with Crippen LogP contribution in [0.15, 0.2) is 223 Å². The second kappa shape index (κ2) is 13.5. The third-order valence-electron chi connectivity index (χ3n) is 12.5. The molecule has 0 amide bonds. The third kappa shape index (κ3) is 5.16. The van der Waals surface area contributed by atoms with E-state index in [9.17, 15) is 0 Å². The van der Waals surface area contributed by atoms with E-state index in [4.69, 9.17) is 9.97 Å². The summed E-state index contributed by atoms with van der Waals surface area (Å²) in [7, 11) is 0. The first-order chi connectivity index (χ1) is 29.3. The van der Waals surface area contributed by atoms with Crippen LogP contribution < -0.4 is 4.90 Å². The summed E-state index contributed by atoms with van der Waals surface area (Å²) >= 11 is 1.94. The van der Waals surface area contributed by atoms with Crippen molar-refractivity contribution < 1.29 is 0 Å². The zero-order valence-corrected chi connectivity index (χ0v) is 32.9. The zero-order chi connectivity index (χ0) is 38.9. The Hall–Kier alpha value is -7.01. The third-order valence-corrected chi connectivity index (χ3v) is 13.9. The first kappa shape index (κ1) is 34.1. The molecule has 1 aliphatic heterocycles. The largest absolute Gasteiger partial charge is 0.282 e. The molecule has 278 valence electrons. The van der Waals surface area contributed by atoms with Crippen LogP contribution in [0.25, 0.3) is 44.1 Å². The van der Waals surface area contributed by atoms with E-state index in [-0.39, 0.29) is 11.2 Å². The lowest BCUT2D eigenvalue weighted by molar-refractivity contribution is 0.766. The zero-order valence-electron chi connectivity index (χ0n) is 32.1. The van der Waals surface area contributed by atoms with Crippen LogP contribution >= 0.6 is 11.8 Å². The fraction of sp³-hybridized carbons (Fsp3) is 0.0545. The molecule has 0 spiro atoms. The van der Waals surface area contributed by atoms with Crippen LogP contribution in [0.1, 0.15) is 33.7 Å².